The molecule has 11 rings (SSSR count). The summed E-state index contributed by atoms with van der Waals surface area (Å²) in [6.45, 7) is 0. The van der Waals surface area contributed by atoms with Gasteiger partial charge in [0.15, 0.2) is 11.7 Å². The number of nitrogens with zero attached hydrogens (tertiary/aromatic N) is 3. The van der Waals surface area contributed by atoms with Crippen LogP contribution in [0.2, 0.25) is 0 Å². The van der Waals surface area contributed by atoms with E-state index in [0.717, 1.165) is 49.8 Å². The Morgan fingerprint density at radius 3 is 1.89 bits per heavy atom. The lowest BCUT2D eigenvalue weighted by molar-refractivity contribution is 0.669. The quantitative estimate of drug-likeness (QED) is 0.138. The largest absolute Gasteiger partial charge is 0.456 e. The highest BCUT2D eigenvalue weighted by molar-refractivity contribution is 7.26. The van der Waals surface area contributed by atoms with Gasteiger partial charge in [-0.15, -0.1) is 11.3 Å². The fourth-order valence-electron chi connectivity index (χ4n) is 8.03. The molecular formula is C51H32N4OS. The number of fused-ring (bicyclic) bond motifs is 9. The van der Waals surface area contributed by atoms with E-state index in [9.17, 15) is 0 Å². The van der Waals surface area contributed by atoms with E-state index < -0.39 is 0 Å². The minimum Gasteiger partial charge on any atom is -0.456 e. The number of furan rings is 1. The van der Waals surface area contributed by atoms with E-state index in [2.05, 4.69) is 114 Å². The number of benzene rings is 8. The minimum absolute atomic E-state index is 0.142. The average molecular weight is 749 g/mol. The van der Waals surface area contributed by atoms with Crippen molar-refractivity contribution in [1.82, 2.24) is 4.57 Å². The number of aliphatic imine (C=N–C) groups is 2. The summed E-state index contributed by atoms with van der Waals surface area (Å²) in [5.41, 5.74) is 9.85. The maximum absolute atomic E-state index is 8.75. The molecule has 3 heterocycles. The zero-order valence-electron chi connectivity index (χ0n) is 30.6. The summed E-state index contributed by atoms with van der Waals surface area (Å²) in [6, 6.07) is 62.8. The molecule has 0 bridgehead atoms. The molecule has 0 unspecified atom stereocenters. The van der Waals surface area contributed by atoms with E-state index >= 15 is 0 Å². The molecule has 268 valence electrons. The molecular weight excluding hydrogens is 717 g/mol. The molecule has 0 aliphatic carbocycles. The van der Waals surface area contributed by atoms with Gasteiger partial charge in [0.25, 0.3) is 0 Å². The summed E-state index contributed by atoms with van der Waals surface area (Å²) >= 11 is 1.85. The number of hydrogen-bond acceptors (Lipinski definition) is 3. The van der Waals surface area contributed by atoms with Crippen LogP contribution >= 0.6 is 11.3 Å². The van der Waals surface area contributed by atoms with Crippen LogP contribution in [-0.4, -0.2) is 22.5 Å². The molecule has 57 heavy (non-hydrogen) atoms. The maximum Gasteiger partial charge on any atom is 0.161 e. The second-order valence-corrected chi connectivity index (χ2v) is 15.2. The van der Waals surface area contributed by atoms with Gasteiger partial charge in [0.05, 0.1) is 21.4 Å². The lowest BCUT2D eigenvalue weighted by atomic mass is 10.0. The highest BCUT2D eigenvalue weighted by Gasteiger charge is 2.17. The Labute approximate surface area is 331 Å². The summed E-state index contributed by atoms with van der Waals surface area (Å²) in [7, 11) is 0. The van der Waals surface area contributed by atoms with Crippen molar-refractivity contribution in [2.24, 2.45) is 9.98 Å². The van der Waals surface area contributed by atoms with Gasteiger partial charge in [0.1, 0.15) is 11.2 Å². The third-order valence-electron chi connectivity index (χ3n) is 10.8. The third-order valence-corrected chi connectivity index (χ3v) is 12.0. The number of nitrogens with one attached hydrogen (secondary N) is 1. The number of amidine groups is 2. The van der Waals surface area contributed by atoms with Gasteiger partial charge in [-0.3, -0.25) is 5.41 Å². The summed E-state index contributed by atoms with van der Waals surface area (Å²) in [5.74, 6) is 0.581. The van der Waals surface area contributed by atoms with Crippen molar-refractivity contribution in [2.45, 2.75) is 0 Å². The molecule has 0 aliphatic rings. The van der Waals surface area contributed by atoms with Crippen LogP contribution in [0.15, 0.2) is 196 Å². The highest BCUT2D eigenvalue weighted by Crippen LogP contribution is 2.42. The van der Waals surface area contributed by atoms with Gasteiger partial charge in [0.2, 0.25) is 0 Å². The van der Waals surface area contributed by atoms with E-state index in [4.69, 9.17) is 19.8 Å². The second-order valence-electron chi connectivity index (χ2n) is 14.2. The Kier molecular flexibility index (Phi) is 7.76. The average Bonchev–Trinajstić information content (AvgIpc) is 3.94. The van der Waals surface area contributed by atoms with E-state index in [1.807, 2.05) is 84.1 Å². The predicted octanol–water partition coefficient (Wildman–Crippen LogP) is 13.6. The zero-order valence-corrected chi connectivity index (χ0v) is 31.4. The first-order valence-electron chi connectivity index (χ1n) is 18.9. The summed E-state index contributed by atoms with van der Waals surface area (Å²) in [4.78, 5) is 9.47. The Balaban J connectivity index is 0.980. The van der Waals surface area contributed by atoms with Crippen LogP contribution in [0.5, 0.6) is 0 Å². The molecule has 11 aromatic rings. The van der Waals surface area contributed by atoms with Crippen LogP contribution in [0.4, 0.5) is 0 Å². The first-order valence-corrected chi connectivity index (χ1v) is 19.7. The van der Waals surface area contributed by atoms with Crippen molar-refractivity contribution in [2.75, 3.05) is 0 Å². The number of thiophene rings is 1. The van der Waals surface area contributed by atoms with Crippen molar-refractivity contribution < 1.29 is 4.42 Å². The molecule has 3 aromatic heterocycles. The molecule has 0 radical (unpaired) electrons. The van der Waals surface area contributed by atoms with Crippen molar-refractivity contribution in [3.63, 3.8) is 0 Å². The van der Waals surface area contributed by atoms with Gasteiger partial charge >= 0.3 is 0 Å². The molecule has 1 N–H and O–H groups in total. The van der Waals surface area contributed by atoms with E-state index in [-0.39, 0.29) is 5.84 Å². The number of para-hydroxylation sites is 2. The monoisotopic (exact) mass is 748 g/mol. The van der Waals surface area contributed by atoms with Gasteiger partial charge in [-0.1, -0.05) is 133 Å². The highest BCUT2D eigenvalue weighted by atomic mass is 32.1. The standard InChI is InChI=1S/C51H32N4OS/c52-50(33-14-5-2-6-15-33)54-51(53-31-32-12-3-1-4-13-32)36-24-26-40-39-25-22-34(28-46(39)56-47(40)29-36)35-23-27-41-42-18-11-21-45(49(42)57-48(41)30-35)55-43-19-9-7-16-37(43)38-17-8-10-20-44(38)55/h1-31,52H. The molecule has 0 saturated carbocycles. The van der Waals surface area contributed by atoms with E-state index in [1.165, 1.54) is 47.7 Å². The van der Waals surface area contributed by atoms with Crippen LogP contribution < -0.4 is 0 Å². The molecule has 6 heteroatoms. The number of rotatable bonds is 5. The van der Waals surface area contributed by atoms with Gasteiger partial charge < -0.3 is 8.98 Å². The first kappa shape index (κ1) is 33.0. The topological polar surface area (TPSA) is 66.6 Å². The first-order chi connectivity index (χ1) is 28.2. The molecule has 0 aliphatic heterocycles. The van der Waals surface area contributed by atoms with Crippen LogP contribution in [0, 0.1) is 5.41 Å². The fraction of sp³-hybridized carbons (Fsp3) is 0. The van der Waals surface area contributed by atoms with Crippen molar-refractivity contribution >= 4 is 93.1 Å². The molecule has 0 amide bonds. The Morgan fingerprint density at radius 2 is 1.14 bits per heavy atom. The number of hydrogen-bond donors (Lipinski definition) is 1. The molecule has 0 fully saturated rings. The van der Waals surface area contributed by atoms with Crippen LogP contribution in [0.1, 0.15) is 16.7 Å². The van der Waals surface area contributed by atoms with Crippen molar-refractivity contribution in [1.29, 1.82) is 5.41 Å². The van der Waals surface area contributed by atoms with Gasteiger partial charge in [-0.05, 0) is 65.2 Å². The smallest absolute Gasteiger partial charge is 0.161 e. The van der Waals surface area contributed by atoms with Crippen LogP contribution in [-0.2, 0) is 0 Å². The summed E-state index contributed by atoms with van der Waals surface area (Å²) in [6.07, 6.45) is 1.78. The van der Waals surface area contributed by atoms with E-state index in [1.54, 1.807) is 6.21 Å². The minimum atomic E-state index is 0.142. The third kappa shape index (κ3) is 5.65. The summed E-state index contributed by atoms with van der Waals surface area (Å²) < 4.78 is 11.5. The summed E-state index contributed by atoms with van der Waals surface area (Å²) in [5, 5.41) is 15.9. The SMILES string of the molecule is N=C(N=C(N=Cc1ccccc1)c1ccc2c(c1)oc1cc(-c3ccc4c(c3)sc3c(-n5c6ccccc6c6ccccc65)cccc34)ccc12)c1ccccc1. The Bertz CT molecular complexity index is 3370. The van der Waals surface area contributed by atoms with Crippen molar-refractivity contribution in [3.05, 3.63) is 199 Å². The van der Waals surface area contributed by atoms with Crippen LogP contribution in [0.25, 0.3) is 80.7 Å². The van der Waals surface area contributed by atoms with Crippen molar-refractivity contribution in [3.8, 4) is 16.8 Å². The second kappa shape index (κ2) is 13.4. The van der Waals surface area contributed by atoms with Gasteiger partial charge in [-0.25, -0.2) is 9.98 Å². The lowest BCUT2D eigenvalue weighted by Crippen LogP contribution is -2.04. The van der Waals surface area contributed by atoms with Gasteiger partial charge in [-0.2, -0.15) is 0 Å². The van der Waals surface area contributed by atoms with Gasteiger partial charge in [0, 0.05) is 54.4 Å². The van der Waals surface area contributed by atoms with E-state index in [0.29, 0.717) is 5.84 Å². The normalized spacial score (nSPS) is 12.3. The Morgan fingerprint density at radius 1 is 0.526 bits per heavy atom. The molecule has 0 saturated heterocycles. The predicted molar refractivity (Wildman–Crippen MR) is 240 cm³/mol. The number of aromatic nitrogens is 1. The Hall–Kier alpha value is -7.41. The maximum atomic E-state index is 8.75. The molecule has 0 spiro atoms. The fourth-order valence-corrected chi connectivity index (χ4v) is 9.27. The van der Waals surface area contributed by atoms with Crippen LogP contribution in [0.3, 0.4) is 0 Å². The lowest BCUT2D eigenvalue weighted by Gasteiger charge is -2.09. The molecule has 8 aromatic carbocycles. The molecule has 0 atom stereocenters. The zero-order chi connectivity index (χ0) is 37.9. The molecule has 5 nitrogen and oxygen atoms in total.